The Labute approximate surface area is 129 Å². The predicted octanol–water partition coefficient (Wildman–Crippen LogP) is 5.03. The van der Waals surface area contributed by atoms with E-state index < -0.39 is 0 Å². The Bertz CT molecular complexity index is 648. The largest absolute Gasteiger partial charge is 0.457 e. The van der Waals surface area contributed by atoms with E-state index in [1.165, 1.54) is 0 Å². The molecule has 2 aromatic rings. The maximum atomic E-state index is 10.5. The van der Waals surface area contributed by atoms with Crippen LogP contribution in [0, 0.1) is 25.7 Å². The van der Waals surface area contributed by atoms with Gasteiger partial charge in [-0.15, -0.1) is 4.91 Å². The number of benzene rings is 2. The Morgan fingerprint density at radius 3 is 2.24 bits per heavy atom. The van der Waals surface area contributed by atoms with E-state index in [-0.39, 0.29) is 0 Å². The van der Waals surface area contributed by atoms with E-state index in [0.717, 1.165) is 33.1 Å². The Morgan fingerprint density at radius 1 is 1.05 bits per heavy atom. The summed E-state index contributed by atoms with van der Waals surface area (Å²) in [4.78, 5) is 11.7. The van der Waals surface area contributed by atoms with E-state index in [1.54, 1.807) is 30.1 Å². The maximum Gasteiger partial charge on any atom is 0.133 e. The summed E-state index contributed by atoms with van der Waals surface area (Å²) in [5.74, 6) is 1.59. The molecule has 2 aromatic carbocycles. The summed E-state index contributed by atoms with van der Waals surface area (Å²) in [6, 6.07) is 9.32. The molecule has 0 unspecified atom stereocenters. The van der Waals surface area contributed by atoms with Gasteiger partial charge in [-0.3, -0.25) is 4.72 Å². The average molecular weight is 302 g/mol. The standard InChI is InChI=1S/C16H18N2O2S/c1-10-7-13(18-19)5-6-15(10)20-16-11(2)8-14(21-17-4)9-12(16)3/h5-9,17H,1-4H3. The first kappa shape index (κ1) is 15.5. The molecular weight excluding hydrogens is 284 g/mol. The minimum absolute atomic E-state index is 0.411. The molecule has 1 N–H and O–H groups in total. The number of rotatable bonds is 5. The minimum atomic E-state index is 0.411. The van der Waals surface area contributed by atoms with Gasteiger partial charge in [0.2, 0.25) is 0 Å². The number of nitrogens with zero attached hydrogens (tertiary/aromatic N) is 1. The Kier molecular flexibility index (Phi) is 4.98. The van der Waals surface area contributed by atoms with Crippen LogP contribution in [0.1, 0.15) is 16.7 Å². The number of hydrogen-bond donors (Lipinski definition) is 1. The van der Waals surface area contributed by atoms with E-state index in [4.69, 9.17) is 4.74 Å². The van der Waals surface area contributed by atoms with Crippen molar-refractivity contribution in [2.45, 2.75) is 25.7 Å². The Balaban J connectivity index is 2.33. The molecule has 5 heteroatoms. The molecule has 21 heavy (non-hydrogen) atoms. The molecule has 0 aliphatic rings. The molecule has 0 spiro atoms. The summed E-state index contributed by atoms with van der Waals surface area (Å²) >= 11 is 1.57. The SMILES string of the molecule is CNSc1cc(C)c(Oc2ccc(N=O)cc2C)c(C)c1. The fraction of sp³-hybridized carbons (Fsp3) is 0.250. The van der Waals surface area contributed by atoms with Gasteiger partial charge in [-0.25, -0.2) is 0 Å². The topological polar surface area (TPSA) is 50.7 Å². The van der Waals surface area contributed by atoms with Crippen LogP contribution in [-0.2, 0) is 0 Å². The van der Waals surface area contributed by atoms with Crippen molar-refractivity contribution in [3.05, 3.63) is 51.9 Å². The number of ether oxygens (including phenoxy) is 1. The van der Waals surface area contributed by atoms with Crippen LogP contribution in [0.3, 0.4) is 0 Å². The van der Waals surface area contributed by atoms with Crippen LogP contribution in [0.25, 0.3) is 0 Å². The van der Waals surface area contributed by atoms with E-state index in [9.17, 15) is 4.91 Å². The highest BCUT2D eigenvalue weighted by atomic mass is 32.2. The third-order valence-electron chi connectivity index (χ3n) is 3.13. The zero-order chi connectivity index (χ0) is 15.4. The molecule has 0 atom stereocenters. The molecule has 0 saturated heterocycles. The van der Waals surface area contributed by atoms with E-state index in [0.29, 0.717) is 5.69 Å². The second-order valence-electron chi connectivity index (χ2n) is 4.84. The molecule has 0 aliphatic heterocycles. The predicted molar refractivity (Wildman–Crippen MR) is 87.5 cm³/mol. The van der Waals surface area contributed by atoms with Crippen LogP contribution < -0.4 is 9.46 Å². The normalized spacial score (nSPS) is 10.5. The van der Waals surface area contributed by atoms with Crippen LogP contribution in [-0.4, -0.2) is 7.05 Å². The van der Waals surface area contributed by atoms with Gasteiger partial charge in [-0.05, 0) is 92.0 Å². The van der Waals surface area contributed by atoms with Gasteiger partial charge >= 0.3 is 0 Å². The summed E-state index contributed by atoms with van der Waals surface area (Å²) in [5, 5.41) is 2.93. The minimum Gasteiger partial charge on any atom is -0.457 e. The lowest BCUT2D eigenvalue weighted by Crippen LogP contribution is -1.96. The van der Waals surface area contributed by atoms with Gasteiger partial charge in [-0.1, -0.05) is 0 Å². The lowest BCUT2D eigenvalue weighted by atomic mass is 10.1. The molecule has 0 heterocycles. The lowest BCUT2D eigenvalue weighted by Gasteiger charge is -2.15. The monoisotopic (exact) mass is 302 g/mol. The van der Waals surface area contributed by atoms with Crippen molar-refractivity contribution in [3.63, 3.8) is 0 Å². The zero-order valence-electron chi connectivity index (χ0n) is 12.6. The fourth-order valence-electron chi connectivity index (χ4n) is 2.16. The molecule has 0 bridgehead atoms. The third kappa shape index (κ3) is 3.62. The van der Waals surface area contributed by atoms with Gasteiger partial charge in [0, 0.05) is 4.90 Å². The smallest absolute Gasteiger partial charge is 0.133 e. The second kappa shape index (κ2) is 6.74. The first-order chi connectivity index (χ1) is 10.0. The first-order valence-electron chi connectivity index (χ1n) is 6.62. The highest BCUT2D eigenvalue weighted by molar-refractivity contribution is 7.97. The third-order valence-corrected chi connectivity index (χ3v) is 3.81. The van der Waals surface area contributed by atoms with Crippen molar-refractivity contribution < 1.29 is 4.74 Å². The molecule has 0 radical (unpaired) electrons. The molecule has 2 rings (SSSR count). The van der Waals surface area contributed by atoms with Gasteiger partial charge in [0.1, 0.15) is 17.2 Å². The van der Waals surface area contributed by atoms with E-state index >= 15 is 0 Å². The lowest BCUT2D eigenvalue weighted by molar-refractivity contribution is 0.471. The van der Waals surface area contributed by atoms with Crippen LogP contribution in [0.4, 0.5) is 5.69 Å². The summed E-state index contributed by atoms with van der Waals surface area (Å²) in [6.45, 7) is 5.96. The van der Waals surface area contributed by atoms with Crippen molar-refractivity contribution in [2.75, 3.05) is 7.05 Å². The van der Waals surface area contributed by atoms with Crippen LogP contribution in [0.15, 0.2) is 40.4 Å². The van der Waals surface area contributed by atoms with Crippen LogP contribution in [0.5, 0.6) is 11.5 Å². The zero-order valence-corrected chi connectivity index (χ0v) is 13.4. The van der Waals surface area contributed by atoms with Crippen LogP contribution >= 0.6 is 11.9 Å². The Morgan fingerprint density at radius 2 is 1.71 bits per heavy atom. The summed E-state index contributed by atoms with van der Waals surface area (Å²) in [7, 11) is 1.89. The fourth-order valence-corrected chi connectivity index (χ4v) is 2.87. The van der Waals surface area contributed by atoms with Gasteiger partial charge in [0.05, 0.1) is 0 Å². The molecule has 4 nitrogen and oxygen atoms in total. The first-order valence-corrected chi connectivity index (χ1v) is 7.43. The van der Waals surface area contributed by atoms with Crippen LogP contribution in [0.2, 0.25) is 0 Å². The summed E-state index contributed by atoms with van der Waals surface area (Å²) in [5.41, 5.74) is 3.45. The number of aryl methyl sites for hydroxylation is 3. The van der Waals surface area contributed by atoms with Gasteiger partial charge in [0.15, 0.2) is 0 Å². The quantitative estimate of drug-likeness (QED) is 0.621. The van der Waals surface area contributed by atoms with Crippen molar-refractivity contribution in [1.29, 1.82) is 0 Å². The molecule has 0 aliphatic carbocycles. The van der Waals surface area contributed by atoms with E-state index in [2.05, 4.69) is 22.0 Å². The second-order valence-corrected chi connectivity index (χ2v) is 5.92. The van der Waals surface area contributed by atoms with Crippen molar-refractivity contribution in [3.8, 4) is 11.5 Å². The van der Waals surface area contributed by atoms with Crippen molar-refractivity contribution >= 4 is 17.6 Å². The highest BCUT2D eigenvalue weighted by Crippen LogP contribution is 2.34. The highest BCUT2D eigenvalue weighted by Gasteiger charge is 2.10. The number of hydrogen-bond acceptors (Lipinski definition) is 5. The number of nitrogens with one attached hydrogen (secondary N) is 1. The van der Waals surface area contributed by atoms with E-state index in [1.807, 2.05) is 27.8 Å². The molecule has 0 saturated carbocycles. The molecule has 0 fully saturated rings. The van der Waals surface area contributed by atoms with Crippen molar-refractivity contribution in [2.24, 2.45) is 5.18 Å². The maximum absolute atomic E-state index is 10.5. The molecular formula is C16H18N2O2S. The van der Waals surface area contributed by atoms with Gasteiger partial charge in [-0.2, -0.15) is 0 Å². The summed E-state index contributed by atoms with van der Waals surface area (Å²) in [6.07, 6.45) is 0. The Hall–Kier alpha value is -1.85. The van der Waals surface area contributed by atoms with Gasteiger partial charge < -0.3 is 4.74 Å². The molecule has 110 valence electrons. The summed E-state index contributed by atoms with van der Waals surface area (Å²) < 4.78 is 9.10. The average Bonchev–Trinajstić information content (AvgIpc) is 2.44. The van der Waals surface area contributed by atoms with Crippen molar-refractivity contribution in [1.82, 2.24) is 4.72 Å². The molecule has 0 aromatic heterocycles. The molecule has 0 amide bonds. The number of nitroso groups, excluding NO2 is 1. The van der Waals surface area contributed by atoms with Gasteiger partial charge in [0.25, 0.3) is 0 Å².